The largest absolute Gasteiger partial charge is 0.343 e. The Morgan fingerprint density at radius 2 is 1.87 bits per heavy atom. The Morgan fingerprint density at radius 1 is 1.27 bits per heavy atom. The van der Waals surface area contributed by atoms with Gasteiger partial charge < -0.3 is 4.90 Å². The highest BCUT2D eigenvalue weighted by Crippen LogP contribution is 2.00. The minimum absolute atomic E-state index is 0.0472. The molecule has 0 atom stereocenters. The number of hydrogen-bond acceptors (Lipinski definition) is 3. The second kappa shape index (κ2) is 6.82. The fraction of sp³-hybridized carbons (Fsp3) is 0.900. The molecule has 0 heterocycles. The van der Waals surface area contributed by atoms with Crippen molar-refractivity contribution in [2.75, 3.05) is 25.1 Å². The van der Waals surface area contributed by atoms with Crippen LogP contribution in [0.3, 0.4) is 0 Å². The molecule has 0 aromatic rings. The maximum Gasteiger partial charge on any atom is 0.223 e. The van der Waals surface area contributed by atoms with Crippen LogP contribution in [-0.2, 0) is 14.6 Å². The summed E-state index contributed by atoms with van der Waals surface area (Å²) in [7, 11) is -3.03. The van der Waals surface area contributed by atoms with E-state index < -0.39 is 9.84 Å². The third-order valence-corrected chi connectivity index (χ3v) is 3.15. The molecule has 4 nitrogen and oxygen atoms in total. The van der Waals surface area contributed by atoms with Crippen molar-refractivity contribution in [3.63, 3.8) is 0 Å². The SMILES string of the molecule is CCCCN(CC)C(=O)CCS(C)(=O)=O. The van der Waals surface area contributed by atoms with Gasteiger partial charge in [0.25, 0.3) is 0 Å². The standard InChI is InChI=1S/C10H21NO3S/c1-4-6-8-11(5-2)10(12)7-9-15(3,13)14/h4-9H2,1-3H3. The number of carbonyl (C=O) groups is 1. The van der Waals surface area contributed by atoms with Crippen molar-refractivity contribution in [3.8, 4) is 0 Å². The second-order valence-electron chi connectivity index (χ2n) is 3.71. The fourth-order valence-corrected chi connectivity index (χ4v) is 1.78. The first-order chi connectivity index (χ1) is 6.90. The third kappa shape index (κ3) is 7.36. The smallest absolute Gasteiger partial charge is 0.223 e. The number of rotatable bonds is 7. The first-order valence-electron chi connectivity index (χ1n) is 5.36. The molecule has 5 heteroatoms. The lowest BCUT2D eigenvalue weighted by molar-refractivity contribution is -0.130. The van der Waals surface area contributed by atoms with Crippen molar-refractivity contribution < 1.29 is 13.2 Å². The van der Waals surface area contributed by atoms with E-state index in [-0.39, 0.29) is 18.1 Å². The minimum Gasteiger partial charge on any atom is -0.343 e. The molecule has 0 fully saturated rings. The van der Waals surface area contributed by atoms with E-state index in [1.165, 1.54) is 0 Å². The summed E-state index contributed by atoms with van der Waals surface area (Å²) < 4.78 is 21.8. The molecular weight excluding hydrogens is 214 g/mol. The van der Waals surface area contributed by atoms with Crippen LogP contribution < -0.4 is 0 Å². The summed E-state index contributed by atoms with van der Waals surface area (Å²) >= 11 is 0. The molecule has 90 valence electrons. The normalized spacial score (nSPS) is 11.4. The highest BCUT2D eigenvalue weighted by Gasteiger charge is 2.13. The Balaban J connectivity index is 4.04. The Kier molecular flexibility index (Phi) is 6.56. The fourth-order valence-electron chi connectivity index (χ4n) is 1.24. The molecule has 0 aliphatic rings. The Labute approximate surface area is 92.6 Å². The van der Waals surface area contributed by atoms with Gasteiger partial charge in [-0.25, -0.2) is 8.42 Å². The summed E-state index contributed by atoms with van der Waals surface area (Å²) in [5.74, 6) is -0.106. The molecule has 0 aromatic carbocycles. The highest BCUT2D eigenvalue weighted by atomic mass is 32.2. The number of sulfone groups is 1. The number of unbranched alkanes of at least 4 members (excludes halogenated alkanes) is 1. The molecule has 0 aromatic heterocycles. The predicted octanol–water partition coefficient (Wildman–Crippen LogP) is 1.07. The van der Waals surface area contributed by atoms with Gasteiger partial charge in [-0.3, -0.25) is 4.79 Å². The van der Waals surface area contributed by atoms with Crippen molar-refractivity contribution in [3.05, 3.63) is 0 Å². The Morgan fingerprint density at radius 3 is 2.27 bits per heavy atom. The Hall–Kier alpha value is -0.580. The van der Waals surface area contributed by atoms with Gasteiger partial charge in [-0.15, -0.1) is 0 Å². The lowest BCUT2D eigenvalue weighted by atomic mass is 10.3. The summed E-state index contributed by atoms with van der Waals surface area (Å²) in [6.45, 7) is 5.36. The van der Waals surface area contributed by atoms with E-state index in [1.54, 1.807) is 4.90 Å². The van der Waals surface area contributed by atoms with Crippen LogP contribution in [0.1, 0.15) is 33.1 Å². The van der Waals surface area contributed by atoms with Crippen LogP contribution in [0.25, 0.3) is 0 Å². The number of carbonyl (C=O) groups excluding carboxylic acids is 1. The van der Waals surface area contributed by atoms with Gasteiger partial charge in [-0.2, -0.15) is 0 Å². The zero-order valence-corrected chi connectivity index (χ0v) is 10.6. The molecule has 0 aliphatic carbocycles. The third-order valence-electron chi connectivity index (χ3n) is 2.20. The lowest BCUT2D eigenvalue weighted by Crippen LogP contribution is -2.32. The average molecular weight is 235 g/mol. The van der Waals surface area contributed by atoms with Gasteiger partial charge in [0.15, 0.2) is 0 Å². The monoisotopic (exact) mass is 235 g/mol. The van der Waals surface area contributed by atoms with Crippen LogP contribution in [-0.4, -0.2) is 44.3 Å². The Bertz CT molecular complexity index is 285. The molecule has 0 radical (unpaired) electrons. The molecule has 0 bridgehead atoms. The number of hydrogen-bond donors (Lipinski definition) is 0. The van der Waals surface area contributed by atoms with E-state index in [4.69, 9.17) is 0 Å². The molecule has 0 unspecified atom stereocenters. The van der Waals surface area contributed by atoms with Gasteiger partial charge in [-0.05, 0) is 13.3 Å². The van der Waals surface area contributed by atoms with Gasteiger partial charge in [0.1, 0.15) is 9.84 Å². The van der Waals surface area contributed by atoms with Gasteiger partial charge in [0.05, 0.1) is 5.75 Å². The zero-order chi connectivity index (χ0) is 11.9. The van der Waals surface area contributed by atoms with Gasteiger partial charge in [0, 0.05) is 25.8 Å². The maximum absolute atomic E-state index is 11.6. The number of nitrogens with zero attached hydrogens (tertiary/aromatic N) is 1. The first-order valence-corrected chi connectivity index (χ1v) is 7.42. The van der Waals surface area contributed by atoms with E-state index in [0.717, 1.165) is 25.6 Å². The summed E-state index contributed by atoms with van der Waals surface area (Å²) in [6.07, 6.45) is 3.27. The lowest BCUT2D eigenvalue weighted by Gasteiger charge is -2.20. The van der Waals surface area contributed by atoms with E-state index in [1.807, 2.05) is 6.92 Å². The second-order valence-corrected chi connectivity index (χ2v) is 5.97. The van der Waals surface area contributed by atoms with Crippen molar-refractivity contribution >= 4 is 15.7 Å². The van der Waals surface area contributed by atoms with Crippen molar-refractivity contribution in [1.82, 2.24) is 4.90 Å². The van der Waals surface area contributed by atoms with Crippen molar-refractivity contribution in [2.45, 2.75) is 33.1 Å². The molecular formula is C10H21NO3S. The average Bonchev–Trinajstić information content (AvgIpc) is 2.15. The summed E-state index contributed by atoms with van der Waals surface area (Å²) in [6, 6.07) is 0. The molecule has 1 amide bonds. The van der Waals surface area contributed by atoms with Crippen LogP contribution in [0.4, 0.5) is 0 Å². The zero-order valence-electron chi connectivity index (χ0n) is 9.82. The molecule has 0 N–H and O–H groups in total. The van der Waals surface area contributed by atoms with E-state index in [0.29, 0.717) is 6.54 Å². The van der Waals surface area contributed by atoms with Crippen LogP contribution in [0.5, 0.6) is 0 Å². The quantitative estimate of drug-likeness (QED) is 0.663. The topological polar surface area (TPSA) is 54.5 Å². The molecule has 15 heavy (non-hydrogen) atoms. The number of amides is 1. The molecule has 0 rings (SSSR count). The van der Waals surface area contributed by atoms with E-state index in [2.05, 4.69) is 6.92 Å². The maximum atomic E-state index is 11.6. The van der Waals surface area contributed by atoms with Crippen LogP contribution in [0, 0.1) is 0 Å². The van der Waals surface area contributed by atoms with Crippen LogP contribution in [0.15, 0.2) is 0 Å². The van der Waals surface area contributed by atoms with Crippen LogP contribution >= 0.6 is 0 Å². The van der Waals surface area contributed by atoms with Gasteiger partial charge in [-0.1, -0.05) is 13.3 Å². The molecule has 0 saturated carbocycles. The molecule has 0 saturated heterocycles. The van der Waals surface area contributed by atoms with Crippen molar-refractivity contribution in [2.24, 2.45) is 0 Å². The van der Waals surface area contributed by atoms with Gasteiger partial charge >= 0.3 is 0 Å². The predicted molar refractivity (Wildman–Crippen MR) is 61.5 cm³/mol. The van der Waals surface area contributed by atoms with Gasteiger partial charge in [0.2, 0.25) is 5.91 Å². The summed E-state index contributed by atoms with van der Waals surface area (Å²) in [5, 5.41) is 0. The van der Waals surface area contributed by atoms with E-state index >= 15 is 0 Å². The van der Waals surface area contributed by atoms with Crippen molar-refractivity contribution in [1.29, 1.82) is 0 Å². The first kappa shape index (κ1) is 14.4. The molecule has 0 aliphatic heterocycles. The highest BCUT2D eigenvalue weighted by molar-refractivity contribution is 7.90. The minimum atomic E-state index is -3.03. The summed E-state index contributed by atoms with van der Waals surface area (Å²) in [5.41, 5.74) is 0. The van der Waals surface area contributed by atoms with Crippen LogP contribution in [0.2, 0.25) is 0 Å². The molecule has 0 spiro atoms. The van der Waals surface area contributed by atoms with E-state index in [9.17, 15) is 13.2 Å². The summed E-state index contributed by atoms with van der Waals surface area (Å²) in [4.78, 5) is 13.3.